The molecule has 33 heavy (non-hydrogen) atoms. The van der Waals surface area contributed by atoms with Crippen LogP contribution in [0.15, 0.2) is 47.3 Å². The van der Waals surface area contributed by atoms with Crippen molar-refractivity contribution < 1.29 is 9.53 Å². The Morgan fingerprint density at radius 1 is 0.909 bits per heavy atom. The Balaban J connectivity index is 1.33. The summed E-state index contributed by atoms with van der Waals surface area (Å²) in [5.74, 6) is 1.69. The van der Waals surface area contributed by atoms with Gasteiger partial charge in [-0.05, 0) is 55.3 Å². The molecule has 0 unspecified atom stereocenters. The fourth-order valence-corrected chi connectivity index (χ4v) is 4.87. The number of methoxy groups -OCH3 is 1. The predicted octanol–water partition coefficient (Wildman–Crippen LogP) is 3.48. The second kappa shape index (κ2) is 9.25. The molecule has 0 spiro atoms. The molecule has 1 fully saturated rings. The summed E-state index contributed by atoms with van der Waals surface area (Å²) in [6, 6.07) is 13.4. The number of amides is 1. The van der Waals surface area contributed by atoms with Crippen LogP contribution in [0.4, 0.5) is 5.69 Å². The van der Waals surface area contributed by atoms with Gasteiger partial charge in [-0.2, -0.15) is 0 Å². The van der Waals surface area contributed by atoms with Gasteiger partial charge in [-0.15, -0.1) is 0 Å². The van der Waals surface area contributed by atoms with Crippen LogP contribution in [0.3, 0.4) is 0 Å². The minimum Gasteiger partial charge on any atom is -0.497 e. The van der Waals surface area contributed by atoms with Crippen molar-refractivity contribution in [2.75, 3.05) is 38.2 Å². The number of carbonyl (C=O) groups is 1. The first-order valence-electron chi connectivity index (χ1n) is 11.9. The number of rotatable bonds is 3. The van der Waals surface area contributed by atoms with Gasteiger partial charge in [0.25, 0.3) is 11.5 Å². The van der Waals surface area contributed by atoms with E-state index in [0.717, 1.165) is 62.6 Å². The Morgan fingerprint density at radius 3 is 2.42 bits per heavy atom. The lowest BCUT2D eigenvalue weighted by Gasteiger charge is -2.36. The molecule has 0 aliphatic carbocycles. The highest BCUT2D eigenvalue weighted by molar-refractivity contribution is 5.97. The first-order chi connectivity index (χ1) is 16.1. The van der Waals surface area contributed by atoms with Gasteiger partial charge in [0.05, 0.1) is 18.0 Å². The zero-order valence-corrected chi connectivity index (χ0v) is 19.1. The predicted molar refractivity (Wildman–Crippen MR) is 129 cm³/mol. The maximum absolute atomic E-state index is 13.2. The van der Waals surface area contributed by atoms with E-state index in [2.05, 4.69) is 17.0 Å². The number of hydrogen-bond donors (Lipinski definition) is 0. The summed E-state index contributed by atoms with van der Waals surface area (Å²) in [6.45, 7) is 3.60. The second-order valence-corrected chi connectivity index (χ2v) is 8.86. The molecule has 7 nitrogen and oxygen atoms in total. The average Bonchev–Trinajstić information content (AvgIpc) is 2.85. The standard InChI is InChI=1S/C26H30N4O3/c1-33-21-10-8-20(9-11-21)28-14-16-29(17-15-28)25(31)19-7-12-22-23(18-19)27-24-6-4-2-3-5-13-30(24)26(22)32/h7-12,18H,2-6,13-17H2,1H3. The molecule has 2 aromatic carbocycles. The fraction of sp³-hybridized carbons (Fsp3) is 0.423. The smallest absolute Gasteiger partial charge is 0.261 e. The van der Waals surface area contributed by atoms with Crippen molar-refractivity contribution >= 4 is 22.5 Å². The van der Waals surface area contributed by atoms with Crippen LogP contribution in [0.2, 0.25) is 0 Å². The van der Waals surface area contributed by atoms with Gasteiger partial charge in [0, 0.05) is 50.4 Å². The number of carbonyl (C=O) groups excluding carboxylic acids is 1. The summed E-state index contributed by atoms with van der Waals surface area (Å²) in [7, 11) is 1.66. The minimum absolute atomic E-state index is 0.0000686. The summed E-state index contributed by atoms with van der Waals surface area (Å²) in [6.07, 6.45) is 5.21. The third-order valence-electron chi connectivity index (χ3n) is 6.82. The molecule has 1 aromatic heterocycles. The number of benzene rings is 2. The van der Waals surface area contributed by atoms with E-state index in [-0.39, 0.29) is 11.5 Å². The van der Waals surface area contributed by atoms with E-state index in [4.69, 9.17) is 9.72 Å². The first-order valence-corrected chi connectivity index (χ1v) is 11.9. The Kier molecular flexibility index (Phi) is 6.03. The highest BCUT2D eigenvalue weighted by Crippen LogP contribution is 2.22. The lowest BCUT2D eigenvalue weighted by Crippen LogP contribution is -2.48. The SMILES string of the molecule is COc1ccc(N2CCN(C(=O)c3ccc4c(=O)n5c(nc4c3)CCCCCC5)CC2)cc1. The summed E-state index contributed by atoms with van der Waals surface area (Å²) < 4.78 is 7.07. The van der Waals surface area contributed by atoms with E-state index in [1.165, 1.54) is 6.42 Å². The molecule has 3 aromatic rings. The van der Waals surface area contributed by atoms with Crippen molar-refractivity contribution in [2.45, 2.75) is 38.6 Å². The van der Waals surface area contributed by atoms with Gasteiger partial charge in [0.2, 0.25) is 0 Å². The van der Waals surface area contributed by atoms with E-state index in [0.29, 0.717) is 29.6 Å². The maximum Gasteiger partial charge on any atom is 0.261 e. The van der Waals surface area contributed by atoms with Gasteiger partial charge < -0.3 is 14.5 Å². The molecule has 0 N–H and O–H groups in total. The second-order valence-electron chi connectivity index (χ2n) is 8.86. The number of hydrogen-bond acceptors (Lipinski definition) is 5. The maximum atomic E-state index is 13.2. The molecule has 1 saturated heterocycles. The third kappa shape index (κ3) is 4.32. The first kappa shape index (κ1) is 21.5. The molecular weight excluding hydrogens is 416 g/mol. The van der Waals surface area contributed by atoms with Crippen LogP contribution in [0, 0.1) is 0 Å². The quantitative estimate of drug-likeness (QED) is 0.616. The van der Waals surface area contributed by atoms with Gasteiger partial charge in [-0.25, -0.2) is 4.98 Å². The van der Waals surface area contributed by atoms with Crippen molar-refractivity contribution in [1.29, 1.82) is 0 Å². The van der Waals surface area contributed by atoms with Crippen LogP contribution in [0.5, 0.6) is 5.75 Å². The van der Waals surface area contributed by atoms with Crippen LogP contribution < -0.4 is 15.2 Å². The molecule has 172 valence electrons. The van der Waals surface area contributed by atoms with Gasteiger partial charge in [-0.1, -0.05) is 12.8 Å². The van der Waals surface area contributed by atoms with Crippen LogP contribution in [0.25, 0.3) is 10.9 Å². The largest absolute Gasteiger partial charge is 0.497 e. The number of ether oxygens (including phenoxy) is 1. The molecular formula is C26H30N4O3. The summed E-state index contributed by atoms with van der Waals surface area (Å²) in [5, 5.41) is 0.597. The fourth-order valence-electron chi connectivity index (χ4n) is 4.87. The summed E-state index contributed by atoms with van der Waals surface area (Å²) in [5.41, 5.74) is 2.39. The molecule has 0 atom stereocenters. The normalized spacial score (nSPS) is 16.8. The lowest BCUT2D eigenvalue weighted by molar-refractivity contribution is 0.0747. The molecule has 7 heteroatoms. The molecule has 0 bridgehead atoms. The Labute approximate surface area is 193 Å². The van der Waals surface area contributed by atoms with Crippen molar-refractivity contribution in [1.82, 2.24) is 14.5 Å². The van der Waals surface area contributed by atoms with Crippen molar-refractivity contribution in [2.24, 2.45) is 0 Å². The molecule has 0 saturated carbocycles. The number of piperazine rings is 1. The van der Waals surface area contributed by atoms with Crippen molar-refractivity contribution in [3.05, 3.63) is 64.2 Å². The number of nitrogens with zero attached hydrogens (tertiary/aromatic N) is 4. The zero-order valence-electron chi connectivity index (χ0n) is 19.1. The van der Waals surface area contributed by atoms with Gasteiger partial charge >= 0.3 is 0 Å². The minimum atomic E-state index is -0.0000686. The zero-order chi connectivity index (χ0) is 22.8. The number of aryl methyl sites for hydroxylation is 1. The summed E-state index contributed by atoms with van der Waals surface area (Å²) >= 11 is 0. The number of fused-ring (bicyclic) bond motifs is 2. The van der Waals surface area contributed by atoms with Crippen molar-refractivity contribution in [3.63, 3.8) is 0 Å². The Hall–Kier alpha value is -3.35. The van der Waals surface area contributed by atoms with Crippen molar-refractivity contribution in [3.8, 4) is 5.75 Å². The third-order valence-corrected chi connectivity index (χ3v) is 6.82. The van der Waals surface area contributed by atoms with E-state index >= 15 is 0 Å². The van der Waals surface area contributed by atoms with Crippen LogP contribution in [0.1, 0.15) is 41.9 Å². The van der Waals surface area contributed by atoms with E-state index < -0.39 is 0 Å². The monoisotopic (exact) mass is 446 g/mol. The Bertz CT molecular complexity index is 1210. The van der Waals surface area contributed by atoms with Crippen LogP contribution in [-0.2, 0) is 13.0 Å². The summed E-state index contributed by atoms with van der Waals surface area (Å²) in [4.78, 5) is 35.2. The highest BCUT2D eigenvalue weighted by Gasteiger charge is 2.23. The molecule has 2 aliphatic rings. The molecule has 0 radical (unpaired) electrons. The number of anilines is 1. The van der Waals surface area contributed by atoms with Crippen LogP contribution in [-0.4, -0.2) is 53.6 Å². The van der Waals surface area contributed by atoms with Gasteiger partial charge in [0.15, 0.2) is 0 Å². The number of aromatic nitrogens is 2. The van der Waals surface area contributed by atoms with E-state index in [9.17, 15) is 9.59 Å². The van der Waals surface area contributed by atoms with Gasteiger partial charge in [0.1, 0.15) is 11.6 Å². The topological polar surface area (TPSA) is 67.7 Å². The molecule has 2 aliphatic heterocycles. The average molecular weight is 447 g/mol. The van der Waals surface area contributed by atoms with E-state index in [1.54, 1.807) is 25.3 Å². The van der Waals surface area contributed by atoms with E-state index in [1.807, 2.05) is 21.6 Å². The molecule has 3 heterocycles. The van der Waals surface area contributed by atoms with Gasteiger partial charge in [-0.3, -0.25) is 14.2 Å². The molecule has 1 amide bonds. The Morgan fingerprint density at radius 2 is 1.67 bits per heavy atom. The van der Waals surface area contributed by atoms with Crippen LogP contribution >= 0.6 is 0 Å². The highest BCUT2D eigenvalue weighted by atomic mass is 16.5. The molecule has 5 rings (SSSR count). The lowest BCUT2D eigenvalue weighted by atomic mass is 10.1.